The van der Waals surface area contributed by atoms with Crippen molar-refractivity contribution < 1.29 is 9.90 Å². The lowest BCUT2D eigenvalue weighted by Gasteiger charge is -2.08. The van der Waals surface area contributed by atoms with E-state index in [0.29, 0.717) is 17.6 Å². The number of fused-ring (bicyclic) bond motifs is 3. The predicted octanol–water partition coefficient (Wildman–Crippen LogP) is 1.59. The molecule has 0 amide bonds. The molecule has 100 valence electrons. The van der Waals surface area contributed by atoms with Crippen LogP contribution < -0.4 is 5.56 Å². The maximum absolute atomic E-state index is 12.5. The molecule has 1 aliphatic carbocycles. The van der Waals surface area contributed by atoms with Crippen molar-refractivity contribution in [3.8, 4) is 0 Å². The number of aliphatic carboxylic acids is 1. The molecular weight excluding hydrogens is 264 g/mol. The van der Waals surface area contributed by atoms with E-state index in [1.807, 2.05) is 6.92 Å². The molecule has 0 fully saturated rings. The zero-order valence-corrected chi connectivity index (χ0v) is 11.4. The Morgan fingerprint density at radius 3 is 2.95 bits per heavy atom. The highest BCUT2D eigenvalue weighted by Crippen LogP contribution is 2.34. The van der Waals surface area contributed by atoms with Gasteiger partial charge in [-0.25, -0.2) is 4.98 Å². The minimum absolute atomic E-state index is 0.191. The van der Waals surface area contributed by atoms with Gasteiger partial charge in [0.05, 0.1) is 5.39 Å². The van der Waals surface area contributed by atoms with E-state index < -0.39 is 5.97 Å². The highest BCUT2D eigenvalue weighted by atomic mass is 32.1. The Hall–Kier alpha value is -1.69. The van der Waals surface area contributed by atoms with Crippen molar-refractivity contribution in [1.82, 2.24) is 9.55 Å². The quantitative estimate of drug-likeness (QED) is 0.925. The number of nitrogens with zero attached hydrogens (tertiary/aromatic N) is 2. The normalized spacial score (nSPS) is 13.9. The Bertz CT molecular complexity index is 730. The van der Waals surface area contributed by atoms with Gasteiger partial charge in [-0.05, 0) is 24.8 Å². The van der Waals surface area contributed by atoms with Gasteiger partial charge in [-0.15, -0.1) is 11.3 Å². The van der Waals surface area contributed by atoms with Crippen LogP contribution in [0.5, 0.6) is 0 Å². The van der Waals surface area contributed by atoms with E-state index in [0.717, 1.165) is 29.7 Å². The number of hydrogen-bond acceptors (Lipinski definition) is 4. The van der Waals surface area contributed by atoms with E-state index in [1.165, 1.54) is 9.44 Å². The molecule has 3 rings (SSSR count). The van der Waals surface area contributed by atoms with Crippen LogP contribution in [0.2, 0.25) is 0 Å². The van der Waals surface area contributed by atoms with Gasteiger partial charge in [0, 0.05) is 11.3 Å². The molecule has 19 heavy (non-hydrogen) atoms. The lowest BCUT2D eigenvalue weighted by atomic mass is 10.2. The molecule has 0 bridgehead atoms. The summed E-state index contributed by atoms with van der Waals surface area (Å²) in [7, 11) is 0. The van der Waals surface area contributed by atoms with Crippen LogP contribution in [-0.2, 0) is 30.6 Å². The summed E-state index contributed by atoms with van der Waals surface area (Å²) in [4.78, 5) is 29.9. The maximum Gasteiger partial charge on any atom is 0.323 e. The van der Waals surface area contributed by atoms with Crippen LogP contribution in [0.3, 0.4) is 0 Å². The number of rotatable bonds is 3. The second-order valence-corrected chi connectivity index (χ2v) is 5.79. The molecule has 1 N–H and O–H groups in total. The Labute approximate surface area is 113 Å². The minimum Gasteiger partial charge on any atom is -0.480 e. The fourth-order valence-corrected chi connectivity index (χ4v) is 3.96. The molecule has 0 aliphatic heterocycles. The molecular formula is C13H14N2O3S. The lowest BCUT2D eigenvalue weighted by Crippen LogP contribution is -2.28. The average molecular weight is 278 g/mol. The maximum atomic E-state index is 12.5. The van der Waals surface area contributed by atoms with E-state index in [-0.39, 0.29) is 12.1 Å². The first kappa shape index (κ1) is 12.3. The van der Waals surface area contributed by atoms with Crippen molar-refractivity contribution in [3.63, 3.8) is 0 Å². The smallest absolute Gasteiger partial charge is 0.323 e. The molecule has 6 heteroatoms. The number of carboxylic acid groups (broad SMARTS) is 1. The molecule has 0 unspecified atom stereocenters. The lowest BCUT2D eigenvalue weighted by molar-refractivity contribution is -0.137. The number of carboxylic acids is 1. The standard InChI is InChI=1S/C13H14N2O3S/c1-2-9-14-12-11(7-4-3-5-8(7)19-12)13(18)15(9)6-10(16)17/h2-6H2,1H3,(H,16,17). The number of aryl methyl sites for hydroxylation is 3. The van der Waals surface area contributed by atoms with Gasteiger partial charge in [-0.1, -0.05) is 6.92 Å². The van der Waals surface area contributed by atoms with Gasteiger partial charge >= 0.3 is 5.97 Å². The minimum atomic E-state index is -1.01. The molecule has 2 heterocycles. The van der Waals surface area contributed by atoms with Crippen LogP contribution in [0.4, 0.5) is 0 Å². The van der Waals surface area contributed by atoms with Gasteiger partial charge < -0.3 is 5.11 Å². The highest BCUT2D eigenvalue weighted by Gasteiger charge is 2.23. The second-order valence-electron chi connectivity index (χ2n) is 4.70. The summed E-state index contributed by atoms with van der Waals surface area (Å²) in [5, 5.41) is 9.59. The van der Waals surface area contributed by atoms with Gasteiger partial charge in [0.15, 0.2) is 0 Å². The fourth-order valence-electron chi connectivity index (χ4n) is 2.69. The van der Waals surface area contributed by atoms with Gasteiger partial charge in [0.2, 0.25) is 0 Å². The summed E-state index contributed by atoms with van der Waals surface area (Å²) in [5.74, 6) is -0.454. The molecule has 0 saturated heterocycles. The van der Waals surface area contributed by atoms with Crippen molar-refractivity contribution >= 4 is 27.5 Å². The monoisotopic (exact) mass is 278 g/mol. The molecule has 0 aromatic carbocycles. The van der Waals surface area contributed by atoms with Gasteiger partial charge in [0.25, 0.3) is 5.56 Å². The third kappa shape index (κ3) is 1.87. The second kappa shape index (κ2) is 4.45. The Balaban J connectivity index is 2.32. The van der Waals surface area contributed by atoms with E-state index >= 15 is 0 Å². The molecule has 0 atom stereocenters. The summed E-state index contributed by atoms with van der Waals surface area (Å²) in [5.41, 5.74) is 0.906. The van der Waals surface area contributed by atoms with Crippen molar-refractivity contribution in [1.29, 1.82) is 0 Å². The third-order valence-electron chi connectivity index (χ3n) is 3.51. The van der Waals surface area contributed by atoms with Crippen LogP contribution in [0, 0.1) is 0 Å². The van der Waals surface area contributed by atoms with E-state index in [4.69, 9.17) is 5.11 Å². The largest absolute Gasteiger partial charge is 0.480 e. The predicted molar refractivity (Wildman–Crippen MR) is 72.9 cm³/mol. The topological polar surface area (TPSA) is 72.2 Å². The van der Waals surface area contributed by atoms with Gasteiger partial charge in [0.1, 0.15) is 17.2 Å². The van der Waals surface area contributed by atoms with Gasteiger partial charge in [-0.3, -0.25) is 14.2 Å². The molecule has 0 spiro atoms. The Kier molecular flexibility index (Phi) is 2.89. The number of carbonyl (C=O) groups is 1. The van der Waals surface area contributed by atoms with Crippen LogP contribution in [0.15, 0.2) is 4.79 Å². The first-order valence-electron chi connectivity index (χ1n) is 6.37. The molecule has 5 nitrogen and oxygen atoms in total. The zero-order valence-electron chi connectivity index (χ0n) is 10.6. The Morgan fingerprint density at radius 2 is 2.26 bits per heavy atom. The first-order chi connectivity index (χ1) is 9.11. The fraction of sp³-hybridized carbons (Fsp3) is 0.462. The van der Waals surface area contributed by atoms with Gasteiger partial charge in [-0.2, -0.15) is 0 Å². The van der Waals surface area contributed by atoms with Crippen LogP contribution in [0.25, 0.3) is 10.2 Å². The average Bonchev–Trinajstić information content (AvgIpc) is 2.91. The SMILES string of the molecule is CCc1nc2sc3c(c2c(=O)n1CC(=O)O)CCC3. The highest BCUT2D eigenvalue weighted by molar-refractivity contribution is 7.18. The van der Waals surface area contributed by atoms with Crippen LogP contribution in [-0.4, -0.2) is 20.6 Å². The molecule has 2 aromatic heterocycles. The van der Waals surface area contributed by atoms with Crippen LogP contribution >= 0.6 is 11.3 Å². The summed E-state index contributed by atoms with van der Waals surface area (Å²) in [6, 6.07) is 0. The van der Waals surface area contributed by atoms with E-state index in [2.05, 4.69) is 4.98 Å². The molecule has 0 saturated carbocycles. The summed E-state index contributed by atoms with van der Waals surface area (Å²) < 4.78 is 1.30. The van der Waals surface area contributed by atoms with Crippen LogP contribution in [0.1, 0.15) is 29.6 Å². The Morgan fingerprint density at radius 1 is 1.47 bits per heavy atom. The number of hydrogen-bond donors (Lipinski definition) is 1. The molecule has 1 aliphatic rings. The first-order valence-corrected chi connectivity index (χ1v) is 7.19. The summed E-state index contributed by atoms with van der Waals surface area (Å²) >= 11 is 1.59. The number of aromatic nitrogens is 2. The number of thiophene rings is 1. The van der Waals surface area contributed by atoms with Crippen molar-refractivity contribution in [2.45, 2.75) is 39.2 Å². The molecule has 2 aromatic rings. The van der Waals surface area contributed by atoms with E-state index in [1.54, 1.807) is 11.3 Å². The zero-order chi connectivity index (χ0) is 13.6. The summed E-state index contributed by atoms with van der Waals surface area (Å²) in [6.45, 7) is 1.57. The third-order valence-corrected chi connectivity index (χ3v) is 4.70. The molecule has 0 radical (unpaired) electrons. The van der Waals surface area contributed by atoms with Crippen molar-refractivity contribution in [2.75, 3.05) is 0 Å². The summed E-state index contributed by atoms with van der Waals surface area (Å²) in [6.07, 6.45) is 3.55. The van der Waals surface area contributed by atoms with Crippen molar-refractivity contribution in [2.24, 2.45) is 0 Å². The van der Waals surface area contributed by atoms with E-state index in [9.17, 15) is 9.59 Å². The van der Waals surface area contributed by atoms with Crippen molar-refractivity contribution in [3.05, 3.63) is 26.6 Å².